The number of benzene rings is 9. The number of fused-ring (bicyclic) bond motifs is 10. The molecule has 2 aromatic heterocycles. The maximum atomic E-state index is 6.87. The molecule has 9 aromatic carbocycles. The lowest BCUT2D eigenvalue weighted by molar-refractivity contribution is 0.487. The summed E-state index contributed by atoms with van der Waals surface area (Å²) in [6, 6.07) is 65.9. The van der Waals surface area contributed by atoms with Crippen LogP contribution in [0.4, 0.5) is 0 Å². The van der Waals surface area contributed by atoms with E-state index in [1.807, 2.05) is 0 Å². The van der Waals surface area contributed by atoms with Gasteiger partial charge in [0.15, 0.2) is 0 Å². The van der Waals surface area contributed by atoms with Crippen LogP contribution in [0, 0.1) is 0 Å². The summed E-state index contributed by atoms with van der Waals surface area (Å²) < 4.78 is 11.7. The number of para-hydroxylation sites is 3. The second-order valence-corrected chi connectivity index (χ2v) is 14.1. The van der Waals surface area contributed by atoms with Gasteiger partial charge in [-0.1, -0.05) is 121 Å². The topological polar surface area (TPSA) is 19.1 Å². The molecule has 0 aliphatic carbocycles. The van der Waals surface area contributed by atoms with E-state index in [9.17, 15) is 0 Å². The minimum atomic E-state index is 0.876. The molecule has 0 spiro atoms. The smallest absolute Gasteiger partial charge is 0.138 e. The van der Waals surface area contributed by atoms with Crippen LogP contribution in [0.25, 0.3) is 98.8 Å². The first-order valence-electron chi connectivity index (χ1n) is 18.2. The molecule has 0 saturated heterocycles. The molecule has 0 unspecified atom stereocenters. The molecule has 0 atom stereocenters. The zero-order valence-corrected chi connectivity index (χ0v) is 28.6. The van der Waals surface area contributed by atoms with Crippen LogP contribution in [0.15, 0.2) is 182 Å². The van der Waals surface area contributed by atoms with Gasteiger partial charge in [-0.25, -0.2) is 0 Å². The maximum Gasteiger partial charge on any atom is 0.138 e. The molecular weight excluding hydrogens is 645 g/mol. The molecule has 0 N–H and O–H groups in total. The second-order valence-electron chi connectivity index (χ2n) is 14.1. The Labute approximate surface area is 305 Å². The third-order valence-corrected chi connectivity index (χ3v) is 11.3. The Morgan fingerprint density at radius 3 is 1.83 bits per heavy atom. The van der Waals surface area contributed by atoms with Gasteiger partial charge in [0.05, 0.1) is 22.1 Å². The molecular formula is C50H30N2O. The fraction of sp³-hybridized carbons (Fsp3) is 0. The third kappa shape index (κ3) is 3.99. The van der Waals surface area contributed by atoms with Crippen molar-refractivity contribution in [2.75, 3.05) is 0 Å². The van der Waals surface area contributed by atoms with E-state index in [1.54, 1.807) is 0 Å². The molecule has 0 saturated carbocycles. The predicted molar refractivity (Wildman–Crippen MR) is 221 cm³/mol. The van der Waals surface area contributed by atoms with Crippen molar-refractivity contribution < 1.29 is 4.74 Å². The first-order chi connectivity index (χ1) is 26.3. The molecule has 3 heterocycles. The van der Waals surface area contributed by atoms with Gasteiger partial charge in [-0.15, -0.1) is 0 Å². The molecule has 246 valence electrons. The molecule has 12 rings (SSSR count). The monoisotopic (exact) mass is 674 g/mol. The lowest BCUT2D eigenvalue weighted by atomic mass is 9.90. The van der Waals surface area contributed by atoms with Crippen LogP contribution in [-0.4, -0.2) is 9.13 Å². The lowest BCUT2D eigenvalue weighted by Crippen LogP contribution is -1.99. The van der Waals surface area contributed by atoms with Crippen molar-refractivity contribution in [2.24, 2.45) is 0 Å². The Hall–Kier alpha value is -7.10. The fourth-order valence-electron chi connectivity index (χ4n) is 9.03. The molecule has 11 aromatic rings. The molecule has 0 radical (unpaired) electrons. The van der Waals surface area contributed by atoms with Crippen molar-refractivity contribution in [1.82, 2.24) is 9.13 Å². The molecule has 1 aliphatic heterocycles. The number of hydrogen-bond donors (Lipinski definition) is 0. The minimum absolute atomic E-state index is 0.876. The Kier molecular flexibility index (Phi) is 5.77. The van der Waals surface area contributed by atoms with Crippen LogP contribution in [0.2, 0.25) is 0 Å². The fourth-order valence-corrected chi connectivity index (χ4v) is 9.03. The highest BCUT2D eigenvalue weighted by molar-refractivity contribution is 6.25. The molecule has 3 heteroatoms. The summed E-state index contributed by atoms with van der Waals surface area (Å²) in [5.74, 6) is 1.77. The van der Waals surface area contributed by atoms with E-state index in [0.29, 0.717) is 0 Å². The van der Waals surface area contributed by atoms with Crippen LogP contribution in [0.1, 0.15) is 0 Å². The third-order valence-electron chi connectivity index (χ3n) is 11.3. The highest BCUT2D eigenvalue weighted by Crippen LogP contribution is 2.52. The van der Waals surface area contributed by atoms with Crippen molar-refractivity contribution in [1.29, 1.82) is 0 Å². The maximum absolute atomic E-state index is 6.87. The van der Waals surface area contributed by atoms with Gasteiger partial charge in [-0.3, -0.25) is 0 Å². The van der Waals surface area contributed by atoms with E-state index in [2.05, 4.69) is 191 Å². The van der Waals surface area contributed by atoms with Gasteiger partial charge < -0.3 is 13.9 Å². The summed E-state index contributed by atoms with van der Waals surface area (Å²) in [5, 5.41) is 9.83. The molecule has 0 amide bonds. The van der Waals surface area contributed by atoms with Gasteiger partial charge >= 0.3 is 0 Å². The minimum Gasteiger partial charge on any atom is -0.456 e. The van der Waals surface area contributed by atoms with Gasteiger partial charge in [-0.2, -0.15) is 0 Å². The average molecular weight is 675 g/mol. The Bertz CT molecular complexity index is 3310. The number of hydrogen-bond acceptors (Lipinski definition) is 1. The predicted octanol–water partition coefficient (Wildman–Crippen LogP) is 13.6. The van der Waals surface area contributed by atoms with Gasteiger partial charge in [0, 0.05) is 49.9 Å². The van der Waals surface area contributed by atoms with Crippen LogP contribution in [0.3, 0.4) is 0 Å². The van der Waals surface area contributed by atoms with Crippen molar-refractivity contribution in [2.45, 2.75) is 0 Å². The Morgan fingerprint density at radius 1 is 0.321 bits per heavy atom. The Morgan fingerprint density at radius 2 is 0.981 bits per heavy atom. The van der Waals surface area contributed by atoms with E-state index in [1.165, 1.54) is 70.9 Å². The zero-order chi connectivity index (χ0) is 34.6. The van der Waals surface area contributed by atoms with Gasteiger partial charge in [0.1, 0.15) is 11.5 Å². The molecule has 0 bridgehead atoms. The molecule has 53 heavy (non-hydrogen) atoms. The highest BCUT2D eigenvalue weighted by Gasteiger charge is 2.26. The van der Waals surface area contributed by atoms with E-state index in [0.717, 1.165) is 39.3 Å². The summed E-state index contributed by atoms with van der Waals surface area (Å²) in [4.78, 5) is 0. The van der Waals surface area contributed by atoms with Crippen LogP contribution < -0.4 is 4.74 Å². The summed E-state index contributed by atoms with van der Waals surface area (Å²) in [6.07, 6.45) is 0. The summed E-state index contributed by atoms with van der Waals surface area (Å²) in [6.45, 7) is 0. The van der Waals surface area contributed by atoms with E-state index in [4.69, 9.17) is 4.74 Å². The largest absolute Gasteiger partial charge is 0.456 e. The average Bonchev–Trinajstić information content (AvgIpc) is 3.74. The van der Waals surface area contributed by atoms with Gasteiger partial charge in [-0.05, 0) is 87.4 Å². The van der Waals surface area contributed by atoms with Crippen molar-refractivity contribution in [3.8, 4) is 45.1 Å². The summed E-state index contributed by atoms with van der Waals surface area (Å²) in [5.41, 5.74) is 11.7. The zero-order valence-electron chi connectivity index (χ0n) is 28.6. The summed E-state index contributed by atoms with van der Waals surface area (Å²) in [7, 11) is 0. The number of rotatable bonds is 3. The lowest BCUT2D eigenvalue weighted by Gasteiger charge is -2.23. The number of ether oxygens (including phenoxy) is 1. The van der Waals surface area contributed by atoms with Gasteiger partial charge in [0.2, 0.25) is 0 Å². The van der Waals surface area contributed by atoms with E-state index >= 15 is 0 Å². The summed E-state index contributed by atoms with van der Waals surface area (Å²) >= 11 is 0. The quantitative estimate of drug-likeness (QED) is 0.183. The van der Waals surface area contributed by atoms with Crippen LogP contribution in [-0.2, 0) is 0 Å². The SMILES string of the molecule is c1ccc(-n2c3ccccc3c3c4cccc5c4c(cc32)Oc2ccc(-c3cccc4c3c3ccccc3n4-c3ccc4ccccc4c3)cc2-5)cc1. The first-order valence-corrected chi connectivity index (χ1v) is 18.2. The van der Waals surface area contributed by atoms with Crippen molar-refractivity contribution in [3.05, 3.63) is 182 Å². The van der Waals surface area contributed by atoms with Crippen LogP contribution in [0.5, 0.6) is 11.5 Å². The van der Waals surface area contributed by atoms with Crippen LogP contribution >= 0.6 is 0 Å². The van der Waals surface area contributed by atoms with E-state index < -0.39 is 0 Å². The number of nitrogens with zero attached hydrogens (tertiary/aromatic N) is 2. The molecule has 0 fully saturated rings. The first kappa shape index (κ1) is 28.6. The Balaban J connectivity index is 1.09. The van der Waals surface area contributed by atoms with Gasteiger partial charge in [0.25, 0.3) is 0 Å². The number of aromatic nitrogens is 2. The van der Waals surface area contributed by atoms with Crippen molar-refractivity contribution in [3.63, 3.8) is 0 Å². The highest BCUT2D eigenvalue weighted by atomic mass is 16.5. The molecule has 1 aliphatic rings. The van der Waals surface area contributed by atoms with E-state index in [-0.39, 0.29) is 0 Å². The molecule has 3 nitrogen and oxygen atoms in total. The second kappa shape index (κ2) is 10.7. The normalized spacial score (nSPS) is 12.3. The van der Waals surface area contributed by atoms with Crippen molar-refractivity contribution >= 4 is 65.2 Å². The standard InChI is InChI=1S/C50H30N2O/c1-2-14-34(15-3-1)51-42-21-8-7-17-39(42)49-40-20-10-19-37-41-29-33(25-27-46(41)53-47(50(37)40)30-45(49)51)36-18-11-23-44-48(36)38-16-6-9-22-43(38)52(44)35-26-24-31-12-4-5-13-32(31)28-35/h1-30H.